The minimum absolute atomic E-state index is 0.133. The zero-order valence-corrected chi connectivity index (χ0v) is 10.7. The number of rotatable bonds is 2. The Bertz CT molecular complexity index is 407. The first-order valence-corrected chi connectivity index (χ1v) is 6.71. The molecule has 0 aromatic heterocycles. The van der Waals surface area contributed by atoms with E-state index in [-0.39, 0.29) is 5.60 Å². The maximum atomic E-state index is 6.05. The molecule has 1 aliphatic carbocycles. The average Bonchev–Trinajstić information content (AvgIpc) is 2.86. The summed E-state index contributed by atoms with van der Waals surface area (Å²) in [7, 11) is 0. The van der Waals surface area contributed by atoms with Crippen LogP contribution >= 0.6 is 0 Å². The fourth-order valence-electron chi connectivity index (χ4n) is 3.15. The first-order valence-electron chi connectivity index (χ1n) is 6.71. The SMILES string of the molecule is CC1(C)Oc2ccccc2C1NC1CCCC1. The van der Waals surface area contributed by atoms with E-state index >= 15 is 0 Å². The molecule has 92 valence electrons. The van der Waals surface area contributed by atoms with Crippen molar-refractivity contribution in [1.82, 2.24) is 5.32 Å². The van der Waals surface area contributed by atoms with Crippen LogP contribution in [0.3, 0.4) is 0 Å². The van der Waals surface area contributed by atoms with Crippen molar-refractivity contribution in [2.75, 3.05) is 0 Å². The summed E-state index contributed by atoms with van der Waals surface area (Å²) in [5.74, 6) is 1.05. The number of hydrogen-bond acceptors (Lipinski definition) is 2. The molecule has 1 aromatic rings. The van der Waals surface area contributed by atoms with E-state index in [1.165, 1.54) is 31.2 Å². The van der Waals surface area contributed by atoms with Crippen molar-refractivity contribution in [2.24, 2.45) is 0 Å². The average molecular weight is 231 g/mol. The summed E-state index contributed by atoms with van der Waals surface area (Å²) in [5.41, 5.74) is 1.19. The van der Waals surface area contributed by atoms with Crippen LogP contribution in [0, 0.1) is 0 Å². The number of ether oxygens (including phenoxy) is 1. The molecule has 0 radical (unpaired) electrons. The van der Waals surface area contributed by atoms with Crippen molar-refractivity contribution in [3.8, 4) is 5.75 Å². The van der Waals surface area contributed by atoms with Crippen LogP contribution in [0.4, 0.5) is 0 Å². The van der Waals surface area contributed by atoms with Gasteiger partial charge in [-0.25, -0.2) is 0 Å². The van der Waals surface area contributed by atoms with Crippen molar-refractivity contribution >= 4 is 0 Å². The molecule has 3 rings (SSSR count). The van der Waals surface area contributed by atoms with Gasteiger partial charge >= 0.3 is 0 Å². The van der Waals surface area contributed by atoms with Gasteiger partial charge in [0.25, 0.3) is 0 Å². The summed E-state index contributed by atoms with van der Waals surface area (Å²) in [5, 5.41) is 3.80. The van der Waals surface area contributed by atoms with Crippen LogP contribution in [-0.2, 0) is 0 Å². The number of fused-ring (bicyclic) bond motifs is 1. The lowest BCUT2D eigenvalue weighted by Crippen LogP contribution is -2.42. The molecule has 0 saturated heterocycles. The molecule has 2 aliphatic rings. The topological polar surface area (TPSA) is 21.3 Å². The normalized spacial score (nSPS) is 26.8. The van der Waals surface area contributed by atoms with Crippen LogP contribution in [0.2, 0.25) is 0 Å². The van der Waals surface area contributed by atoms with Gasteiger partial charge < -0.3 is 10.1 Å². The van der Waals surface area contributed by atoms with E-state index in [2.05, 4.69) is 37.4 Å². The number of hydrogen-bond donors (Lipinski definition) is 1. The first kappa shape index (κ1) is 11.1. The molecule has 1 fully saturated rings. The lowest BCUT2D eigenvalue weighted by atomic mass is 9.93. The zero-order chi connectivity index (χ0) is 11.9. The summed E-state index contributed by atoms with van der Waals surface area (Å²) in [6, 6.07) is 9.43. The van der Waals surface area contributed by atoms with Crippen LogP contribution in [-0.4, -0.2) is 11.6 Å². The molecule has 1 heterocycles. The number of nitrogens with one attached hydrogen (secondary N) is 1. The summed E-state index contributed by atoms with van der Waals surface area (Å²) < 4.78 is 6.05. The predicted octanol–water partition coefficient (Wildman–Crippen LogP) is 3.43. The Kier molecular flexibility index (Phi) is 2.62. The molecule has 0 amide bonds. The van der Waals surface area contributed by atoms with Crippen LogP contribution in [0.25, 0.3) is 0 Å². The van der Waals surface area contributed by atoms with Crippen LogP contribution in [0.1, 0.15) is 51.1 Å². The maximum absolute atomic E-state index is 6.05. The third-order valence-corrected chi connectivity index (χ3v) is 4.06. The smallest absolute Gasteiger partial charge is 0.125 e. The van der Waals surface area contributed by atoms with Gasteiger partial charge in [-0.05, 0) is 32.8 Å². The zero-order valence-electron chi connectivity index (χ0n) is 10.7. The molecule has 1 aliphatic heterocycles. The predicted molar refractivity (Wildman–Crippen MR) is 69.3 cm³/mol. The van der Waals surface area contributed by atoms with E-state index in [4.69, 9.17) is 4.74 Å². The lowest BCUT2D eigenvalue weighted by molar-refractivity contribution is 0.0912. The van der Waals surface area contributed by atoms with E-state index in [1.807, 2.05) is 6.07 Å². The van der Waals surface area contributed by atoms with Gasteiger partial charge in [0.15, 0.2) is 0 Å². The molecule has 1 atom stereocenters. The summed E-state index contributed by atoms with van der Waals surface area (Å²) >= 11 is 0. The van der Waals surface area contributed by atoms with E-state index in [9.17, 15) is 0 Å². The summed E-state index contributed by atoms with van der Waals surface area (Å²) in [4.78, 5) is 0. The van der Waals surface area contributed by atoms with Crippen LogP contribution in [0.5, 0.6) is 5.75 Å². The Morgan fingerprint density at radius 3 is 2.65 bits per heavy atom. The highest BCUT2D eigenvalue weighted by Gasteiger charge is 2.41. The molecular weight excluding hydrogens is 210 g/mol. The Morgan fingerprint density at radius 2 is 1.88 bits per heavy atom. The highest BCUT2D eigenvalue weighted by Crippen LogP contribution is 2.43. The summed E-state index contributed by atoms with van der Waals surface area (Å²) in [6.45, 7) is 4.36. The fourth-order valence-corrected chi connectivity index (χ4v) is 3.15. The highest BCUT2D eigenvalue weighted by atomic mass is 16.5. The number of benzene rings is 1. The molecule has 0 bridgehead atoms. The molecule has 1 unspecified atom stereocenters. The van der Waals surface area contributed by atoms with Gasteiger partial charge in [-0.2, -0.15) is 0 Å². The molecule has 1 saturated carbocycles. The van der Waals surface area contributed by atoms with Gasteiger partial charge in [-0.1, -0.05) is 31.0 Å². The fraction of sp³-hybridized carbons (Fsp3) is 0.600. The maximum Gasteiger partial charge on any atom is 0.125 e. The molecule has 0 spiro atoms. The van der Waals surface area contributed by atoms with E-state index in [0.29, 0.717) is 12.1 Å². The molecule has 1 aromatic carbocycles. The molecule has 17 heavy (non-hydrogen) atoms. The number of para-hydroxylation sites is 1. The molecule has 2 heteroatoms. The molecule has 2 nitrogen and oxygen atoms in total. The van der Waals surface area contributed by atoms with Crippen molar-refractivity contribution in [2.45, 2.75) is 57.2 Å². The van der Waals surface area contributed by atoms with Crippen molar-refractivity contribution in [3.05, 3.63) is 29.8 Å². The third-order valence-electron chi connectivity index (χ3n) is 4.06. The van der Waals surface area contributed by atoms with Gasteiger partial charge in [-0.3, -0.25) is 0 Å². The standard InChI is InChI=1S/C15H21NO/c1-15(2)14(16-11-7-3-4-8-11)12-9-5-6-10-13(12)17-15/h5-6,9-11,14,16H,3-4,7-8H2,1-2H3. The van der Waals surface area contributed by atoms with Crippen molar-refractivity contribution < 1.29 is 4.74 Å². The second-order valence-corrected chi connectivity index (χ2v) is 5.82. The quantitative estimate of drug-likeness (QED) is 0.842. The minimum Gasteiger partial charge on any atom is -0.486 e. The highest BCUT2D eigenvalue weighted by molar-refractivity contribution is 5.42. The molecule has 1 N–H and O–H groups in total. The molecular formula is C15H21NO. The van der Waals surface area contributed by atoms with Gasteiger partial charge in [0, 0.05) is 11.6 Å². The Morgan fingerprint density at radius 1 is 1.18 bits per heavy atom. The van der Waals surface area contributed by atoms with E-state index < -0.39 is 0 Å². The Labute approximate surface area is 103 Å². The van der Waals surface area contributed by atoms with Crippen LogP contribution < -0.4 is 10.1 Å². The second kappa shape index (κ2) is 4.02. The summed E-state index contributed by atoms with van der Waals surface area (Å²) in [6.07, 6.45) is 5.37. The van der Waals surface area contributed by atoms with E-state index in [1.54, 1.807) is 0 Å². The van der Waals surface area contributed by atoms with Crippen molar-refractivity contribution in [3.63, 3.8) is 0 Å². The van der Waals surface area contributed by atoms with E-state index in [0.717, 1.165) is 5.75 Å². The third kappa shape index (κ3) is 1.95. The second-order valence-electron chi connectivity index (χ2n) is 5.82. The first-order chi connectivity index (χ1) is 8.17. The van der Waals surface area contributed by atoms with Gasteiger partial charge in [0.2, 0.25) is 0 Å². The Balaban J connectivity index is 1.85. The van der Waals surface area contributed by atoms with Gasteiger partial charge in [0.05, 0.1) is 6.04 Å². The van der Waals surface area contributed by atoms with Gasteiger partial charge in [-0.15, -0.1) is 0 Å². The van der Waals surface area contributed by atoms with Crippen molar-refractivity contribution in [1.29, 1.82) is 0 Å². The van der Waals surface area contributed by atoms with Crippen LogP contribution in [0.15, 0.2) is 24.3 Å². The monoisotopic (exact) mass is 231 g/mol. The Hall–Kier alpha value is -1.02. The largest absolute Gasteiger partial charge is 0.486 e. The lowest BCUT2D eigenvalue weighted by Gasteiger charge is -2.29. The minimum atomic E-state index is -0.133. The van der Waals surface area contributed by atoms with Gasteiger partial charge in [0.1, 0.15) is 11.4 Å².